The predicted molar refractivity (Wildman–Crippen MR) is 142 cm³/mol. The van der Waals surface area contributed by atoms with Gasteiger partial charge < -0.3 is 10.6 Å². The number of anilines is 3. The molecular weight excluding hydrogens is 512 g/mol. The smallest absolute Gasteiger partial charge is 0.255 e. The first-order chi connectivity index (χ1) is 16.5. The van der Waals surface area contributed by atoms with Crippen LogP contribution in [0, 0.1) is 0 Å². The fourth-order valence-corrected chi connectivity index (χ4v) is 4.06. The summed E-state index contributed by atoms with van der Waals surface area (Å²) in [6.07, 6.45) is 0. The molecule has 0 aliphatic rings. The second-order valence-electron chi connectivity index (χ2n) is 7.59. The molecule has 1 aromatic heterocycles. The third-order valence-corrected chi connectivity index (χ3v) is 5.93. The van der Waals surface area contributed by atoms with E-state index in [1.165, 1.54) is 0 Å². The van der Waals surface area contributed by atoms with E-state index in [0.29, 0.717) is 27.9 Å². The van der Waals surface area contributed by atoms with Crippen molar-refractivity contribution in [1.29, 1.82) is 0 Å². The van der Waals surface area contributed by atoms with Gasteiger partial charge in [0.2, 0.25) is 5.95 Å². The van der Waals surface area contributed by atoms with E-state index in [9.17, 15) is 4.79 Å². The summed E-state index contributed by atoms with van der Waals surface area (Å²) in [7, 11) is 0. The van der Waals surface area contributed by atoms with Gasteiger partial charge in [-0.15, -0.1) is 0 Å². The lowest BCUT2D eigenvalue weighted by atomic mass is 10.1. The van der Waals surface area contributed by atoms with Crippen molar-refractivity contribution < 1.29 is 4.79 Å². The summed E-state index contributed by atoms with van der Waals surface area (Å²) in [5.74, 6) is 0.226. The van der Waals surface area contributed by atoms with Crippen molar-refractivity contribution in [1.82, 2.24) is 9.97 Å². The van der Waals surface area contributed by atoms with Gasteiger partial charge in [0.1, 0.15) is 0 Å². The first-order valence-electron chi connectivity index (χ1n) is 10.5. The summed E-state index contributed by atoms with van der Waals surface area (Å²) in [5.41, 5.74) is 4.52. The lowest BCUT2D eigenvalue weighted by Crippen LogP contribution is -2.12. The Balaban J connectivity index is 1.46. The molecule has 0 bridgehead atoms. The van der Waals surface area contributed by atoms with E-state index in [1.54, 1.807) is 36.4 Å². The maximum Gasteiger partial charge on any atom is 0.255 e. The van der Waals surface area contributed by atoms with Gasteiger partial charge in [0, 0.05) is 37.4 Å². The van der Waals surface area contributed by atoms with E-state index in [-0.39, 0.29) is 5.91 Å². The number of benzene rings is 4. The van der Waals surface area contributed by atoms with Crippen LogP contribution in [0.2, 0.25) is 5.02 Å². The van der Waals surface area contributed by atoms with Gasteiger partial charge in [0.05, 0.1) is 11.2 Å². The van der Waals surface area contributed by atoms with Crippen LogP contribution in [0.4, 0.5) is 17.3 Å². The summed E-state index contributed by atoms with van der Waals surface area (Å²) in [6.45, 7) is 0. The number of hydrogen-bond donors (Lipinski definition) is 2. The predicted octanol–water partition coefficient (Wildman–Crippen LogP) is 7.71. The first kappa shape index (κ1) is 22.1. The van der Waals surface area contributed by atoms with Gasteiger partial charge in [-0.2, -0.15) is 0 Å². The summed E-state index contributed by atoms with van der Waals surface area (Å²) >= 11 is 9.47. The topological polar surface area (TPSA) is 66.9 Å². The number of aromatic nitrogens is 2. The van der Waals surface area contributed by atoms with Crippen molar-refractivity contribution in [3.05, 3.63) is 112 Å². The highest BCUT2D eigenvalue weighted by molar-refractivity contribution is 9.10. The fraction of sp³-hybridized carbons (Fsp3) is 0. The molecule has 5 nitrogen and oxygen atoms in total. The third-order valence-electron chi connectivity index (χ3n) is 5.19. The molecule has 1 amide bonds. The molecule has 0 saturated heterocycles. The van der Waals surface area contributed by atoms with Crippen LogP contribution >= 0.6 is 27.5 Å². The summed E-state index contributed by atoms with van der Waals surface area (Å²) < 4.78 is 0.959. The Morgan fingerprint density at radius 2 is 1.59 bits per heavy atom. The SMILES string of the molecule is O=C(Nc1ccc(Cl)cc1)c1cccc(Nc2nc(-c3ccccc3)c3cc(Br)ccc3n2)c1. The second kappa shape index (κ2) is 9.63. The summed E-state index contributed by atoms with van der Waals surface area (Å²) in [5, 5.41) is 7.69. The van der Waals surface area contributed by atoms with Gasteiger partial charge in [-0.25, -0.2) is 9.97 Å². The number of carbonyl (C=O) groups is 1. The van der Waals surface area contributed by atoms with Crippen LogP contribution in [0.3, 0.4) is 0 Å². The van der Waals surface area contributed by atoms with Crippen molar-refractivity contribution in [2.45, 2.75) is 0 Å². The lowest BCUT2D eigenvalue weighted by Gasteiger charge is -2.12. The maximum absolute atomic E-state index is 12.7. The van der Waals surface area contributed by atoms with Gasteiger partial charge in [-0.05, 0) is 60.7 Å². The van der Waals surface area contributed by atoms with E-state index in [0.717, 1.165) is 26.6 Å². The number of amides is 1. The largest absolute Gasteiger partial charge is 0.324 e. The zero-order valence-corrected chi connectivity index (χ0v) is 20.1. The van der Waals surface area contributed by atoms with E-state index in [2.05, 4.69) is 26.6 Å². The zero-order valence-electron chi connectivity index (χ0n) is 17.8. The Morgan fingerprint density at radius 1 is 0.794 bits per heavy atom. The average Bonchev–Trinajstić information content (AvgIpc) is 2.86. The van der Waals surface area contributed by atoms with Crippen molar-refractivity contribution >= 4 is 61.7 Å². The van der Waals surface area contributed by atoms with Crippen LogP contribution in [-0.2, 0) is 0 Å². The van der Waals surface area contributed by atoms with Crippen molar-refractivity contribution in [3.63, 3.8) is 0 Å². The number of rotatable bonds is 5. The quantitative estimate of drug-likeness (QED) is 0.245. The van der Waals surface area contributed by atoms with Crippen molar-refractivity contribution in [2.75, 3.05) is 10.6 Å². The standard InChI is InChI=1S/C27H18BrClN4O/c28-19-9-14-24-23(16-19)25(17-5-2-1-3-6-17)33-27(32-24)31-22-8-4-7-18(15-22)26(34)30-21-12-10-20(29)11-13-21/h1-16H,(H,30,34)(H,31,32,33). The maximum atomic E-state index is 12.7. The Morgan fingerprint density at radius 3 is 2.38 bits per heavy atom. The molecular formula is C27H18BrClN4O. The Kier molecular flexibility index (Phi) is 6.25. The minimum absolute atomic E-state index is 0.222. The first-order valence-corrected chi connectivity index (χ1v) is 11.7. The normalized spacial score (nSPS) is 10.8. The van der Waals surface area contributed by atoms with E-state index in [4.69, 9.17) is 21.6 Å². The fourth-order valence-electron chi connectivity index (χ4n) is 3.58. The van der Waals surface area contributed by atoms with E-state index >= 15 is 0 Å². The molecule has 5 aromatic rings. The number of halogens is 2. The highest BCUT2D eigenvalue weighted by atomic mass is 79.9. The molecule has 0 aliphatic carbocycles. The number of fused-ring (bicyclic) bond motifs is 1. The molecule has 34 heavy (non-hydrogen) atoms. The molecule has 4 aromatic carbocycles. The number of hydrogen-bond acceptors (Lipinski definition) is 4. The molecule has 1 heterocycles. The van der Waals surface area contributed by atoms with Crippen LogP contribution < -0.4 is 10.6 Å². The molecule has 0 fully saturated rings. The van der Waals surface area contributed by atoms with Gasteiger partial charge in [0.15, 0.2) is 0 Å². The minimum atomic E-state index is -0.222. The van der Waals surface area contributed by atoms with Crippen LogP contribution in [0.1, 0.15) is 10.4 Å². The molecule has 7 heteroatoms. The molecule has 0 spiro atoms. The minimum Gasteiger partial charge on any atom is -0.324 e. The Bertz CT molecular complexity index is 1490. The van der Waals surface area contributed by atoms with E-state index < -0.39 is 0 Å². The molecule has 0 radical (unpaired) electrons. The molecule has 0 unspecified atom stereocenters. The summed E-state index contributed by atoms with van der Waals surface area (Å²) in [6, 6.07) is 30.1. The van der Waals surface area contributed by atoms with Crippen LogP contribution in [-0.4, -0.2) is 15.9 Å². The Labute approximate surface area is 210 Å². The second-order valence-corrected chi connectivity index (χ2v) is 8.94. The van der Waals surface area contributed by atoms with Gasteiger partial charge in [-0.1, -0.05) is 63.9 Å². The van der Waals surface area contributed by atoms with Crippen LogP contribution in [0.15, 0.2) is 102 Å². The average molecular weight is 530 g/mol. The number of carbonyl (C=O) groups excluding carboxylic acids is 1. The highest BCUT2D eigenvalue weighted by Crippen LogP contribution is 2.30. The van der Waals surface area contributed by atoms with E-state index in [1.807, 2.05) is 60.7 Å². The highest BCUT2D eigenvalue weighted by Gasteiger charge is 2.12. The van der Waals surface area contributed by atoms with Crippen LogP contribution in [0.25, 0.3) is 22.2 Å². The van der Waals surface area contributed by atoms with Gasteiger partial charge in [0.25, 0.3) is 5.91 Å². The van der Waals surface area contributed by atoms with Gasteiger partial charge >= 0.3 is 0 Å². The Hall–Kier alpha value is -3.74. The molecule has 166 valence electrons. The molecule has 2 N–H and O–H groups in total. The summed E-state index contributed by atoms with van der Waals surface area (Å²) in [4.78, 5) is 22.2. The molecule has 0 aliphatic heterocycles. The van der Waals surface area contributed by atoms with Crippen LogP contribution in [0.5, 0.6) is 0 Å². The number of nitrogens with one attached hydrogen (secondary N) is 2. The lowest BCUT2D eigenvalue weighted by molar-refractivity contribution is 0.102. The van der Waals surface area contributed by atoms with Gasteiger partial charge in [-0.3, -0.25) is 4.79 Å². The zero-order chi connectivity index (χ0) is 23.5. The third kappa shape index (κ3) is 4.93. The molecule has 0 atom stereocenters. The number of nitrogens with zero attached hydrogens (tertiary/aromatic N) is 2. The van der Waals surface area contributed by atoms with Crippen molar-refractivity contribution in [3.8, 4) is 11.3 Å². The molecule has 5 rings (SSSR count). The van der Waals surface area contributed by atoms with Crippen molar-refractivity contribution in [2.24, 2.45) is 0 Å². The molecule has 0 saturated carbocycles. The monoisotopic (exact) mass is 528 g/mol.